The average Bonchev–Trinajstić information content (AvgIpc) is 3.36. The SMILES string of the molecule is COc1cc2c(cc1C(F)(F)F)N(C(=O)Nc1cc(C)ccc1-c1ncon1)CC2. The van der Waals surface area contributed by atoms with Crippen molar-refractivity contribution >= 4 is 17.4 Å². The normalized spacial score (nSPS) is 13.3. The molecule has 2 amide bonds. The van der Waals surface area contributed by atoms with E-state index in [9.17, 15) is 18.0 Å². The summed E-state index contributed by atoms with van der Waals surface area (Å²) in [4.78, 5) is 18.2. The maximum absolute atomic E-state index is 13.4. The Labute approximate surface area is 169 Å². The van der Waals surface area contributed by atoms with E-state index in [2.05, 4.69) is 15.5 Å². The molecule has 2 aromatic carbocycles. The second-order valence-electron chi connectivity index (χ2n) is 6.81. The van der Waals surface area contributed by atoms with Gasteiger partial charge in [0.2, 0.25) is 12.2 Å². The summed E-state index contributed by atoms with van der Waals surface area (Å²) in [5.41, 5.74) is 1.73. The van der Waals surface area contributed by atoms with Gasteiger partial charge in [0.1, 0.15) is 5.75 Å². The largest absolute Gasteiger partial charge is 0.496 e. The summed E-state index contributed by atoms with van der Waals surface area (Å²) in [6, 6.07) is 7.03. The summed E-state index contributed by atoms with van der Waals surface area (Å²) < 4.78 is 49.9. The first kappa shape index (κ1) is 19.7. The van der Waals surface area contributed by atoms with Gasteiger partial charge in [0, 0.05) is 17.8 Å². The minimum Gasteiger partial charge on any atom is -0.496 e. The smallest absolute Gasteiger partial charge is 0.420 e. The van der Waals surface area contributed by atoms with Gasteiger partial charge >= 0.3 is 12.2 Å². The van der Waals surface area contributed by atoms with Gasteiger partial charge in [-0.1, -0.05) is 11.2 Å². The molecule has 0 atom stereocenters. The van der Waals surface area contributed by atoms with Crippen molar-refractivity contribution in [1.29, 1.82) is 0 Å². The first-order valence-corrected chi connectivity index (χ1v) is 9.02. The number of benzene rings is 2. The second-order valence-corrected chi connectivity index (χ2v) is 6.81. The Morgan fingerprint density at radius 3 is 2.73 bits per heavy atom. The summed E-state index contributed by atoms with van der Waals surface area (Å²) in [5, 5.41) is 6.55. The number of alkyl halides is 3. The highest BCUT2D eigenvalue weighted by molar-refractivity contribution is 6.05. The topological polar surface area (TPSA) is 80.5 Å². The monoisotopic (exact) mass is 418 g/mol. The molecule has 1 aromatic heterocycles. The fraction of sp³-hybridized carbons (Fsp3) is 0.250. The molecule has 0 unspecified atom stereocenters. The number of fused-ring (bicyclic) bond motifs is 1. The van der Waals surface area contributed by atoms with Crippen LogP contribution in [0.5, 0.6) is 5.75 Å². The number of hydrogen-bond donors (Lipinski definition) is 1. The summed E-state index contributed by atoms with van der Waals surface area (Å²) >= 11 is 0. The van der Waals surface area contributed by atoms with Crippen LogP contribution in [0.1, 0.15) is 16.7 Å². The van der Waals surface area contributed by atoms with E-state index in [1.807, 2.05) is 13.0 Å². The molecule has 0 fully saturated rings. The van der Waals surface area contributed by atoms with Crippen molar-refractivity contribution in [3.8, 4) is 17.1 Å². The third-order valence-corrected chi connectivity index (χ3v) is 4.87. The van der Waals surface area contributed by atoms with E-state index in [0.29, 0.717) is 23.2 Å². The molecule has 1 aliphatic heterocycles. The van der Waals surface area contributed by atoms with Crippen LogP contribution in [-0.2, 0) is 12.6 Å². The highest BCUT2D eigenvalue weighted by Crippen LogP contribution is 2.42. The van der Waals surface area contributed by atoms with Gasteiger partial charge < -0.3 is 14.6 Å². The predicted molar refractivity (Wildman–Crippen MR) is 103 cm³/mol. The molecule has 0 saturated heterocycles. The van der Waals surface area contributed by atoms with Crippen LogP contribution in [0.25, 0.3) is 11.4 Å². The van der Waals surface area contributed by atoms with Gasteiger partial charge in [0.15, 0.2) is 0 Å². The number of aromatic nitrogens is 2. The third kappa shape index (κ3) is 3.56. The van der Waals surface area contributed by atoms with E-state index in [1.54, 1.807) is 12.1 Å². The molecule has 0 bridgehead atoms. The van der Waals surface area contributed by atoms with Crippen molar-refractivity contribution in [2.45, 2.75) is 19.5 Å². The quantitative estimate of drug-likeness (QED) is 0.669. The van der Waals surface area contributed by atoms with Gasteiger partial charge in [-0.15, -0.1) is 0 Å². The molecular weight excluding hydrogens is 401 g/mol. The highest BCUT2D eigenvalue weighted by atomic mass is 19.4. The molecule has 4 rings (SSSR count). The molecule has 0 spiro atoms. The van der Waals surface area contributed by atoms with Crippen molar-refractivity contribution in [3.05, 3.63) is 53.4 Å². The number of ether oxygens (including phenoxy) is 1. The number of halogens is 3. The van der Waals surface area contributed by atoms with E-state index in [4.69, 9.17) is 9.26 Å². The lowest BCUT2D eigenvalue weighted by Crippen LogP contribution is -2.33. The Hall–Kier alpha value is -3.56. The molecule has 1 aliphatic rings. The van der Waals surface area contributed by atoms with Crippen molar-refractivity contribution in [2.24, 2.45) is 0 Å². The van der Waals surface area contributed by atoms with Crippen LogP contribution in [0.4, 0.5) is 29.3 Å². The number of carbonyl (C=O) groups is 1. The van der Waals surface area contributed by atoms with Crippen molar-refractivity contribution in [3.63, 3.8) is 0 Å². The summed E-state index contributed by atoms with van der Waals surface area (Å²) in [7, 11) is 1.19. The lowest BCUT2D eigenvalue weighted by Gasteiger charge is -2.21. The number of amides is 2. The Kier molecular flexibility index (Phi) is 4.84. The fourth-order valence-corrected chi connectivity index (χ4v) is 3.44. The van der Waals surface area contributed by atoms with Crippen LogP contribution in [0.2, 0.25) is 0 Å². The van der Waals surface area contributed by atoms with Crippen LogP contribution in [0.15, 0.2) is 41.2 Å². The van der Waals surface area contributed by atoms with Crippen LogP contribution in [0, 0.1) is 6.92 Å². The zero-order chi connectivity index (χ0) is 21.5. The van der Waals surface area contributed by atoms with E-state index in [-0.39, 0.29) is 23.8 Å². The van der Waals surface area contributed by atoms with Gasteiger partial charge in [-0.2, -0.15) is 18.2 Å². The standard InChI is InChI=1S/C20H17F3N4O3/c1-11-3-4-13(18-24-10-30-26-18)15(7-11)25-19(28)27-6-5-12-8-17(29-2)14(9-16(12)27)20(21,22)23/h3-4,7-10H,5-6H2,1-2H3,(H,25,28). The van der Waals surface area contributed by atoms with Gasteiger partial charge in [0.25, 0.3) is 0 Å². The first-order valence-electron chi connectivity index (χ1n) is 9.02. The zero-order valence-corrected chi connectivity index (χ0v) is 16.1. The van der Waals surface area contributed by atoms with E-state index in [0.717, 1.165) is 11.6 Å². The van der Waals surface area contributed by atoms with E-state index >= 15 is 0 Å². The first-order chi connectivity index (χ1) is 14.3. The molecule has 1 N–H and O–H groups in total. The zero-order valence-electron chi connectivity index (χ0n) is 16.1. The molecule has 0 aliphatic carbocycles. The van der Waals surface area contributed by atoms with Gasteiger partial charge in [0.05, 0.1) is 18.4 Å². The number of hydrogen-bond acceptors (Lipinski definition) is 5. The molecular formula is C20H17F3N4O3. The highest BCUT2D eigenvalue weighted by Gasteiger charge is 2.37. The van der Waals surface area contributed by atoms with E-state index < -0.39 is 17.8 Å². The lowest BCUT2D eigenvalue weighted by atomic mass is 10.1. The summed E-state index contributed by atoms with van der Waals surface area (Å²) in [5.74, 6) is 0.0257. The number of nitrogens with zero attached hydrogens (tertiary/aromatic N) is 3. The number of anilines is 2. The van der Waals surface area contributed by atoms with E-state index in [1.165, 1.54) is 24.5 Å². The molecule has 10 heteroatoms. The molecule has 7 nitrogen and oxygen atoms in total. The predicted octanol–water partition coefficient (Wildman–Crippen LogP) is 4.67. The molecule has 0 saturated carbocycles. The number of rotatable bonds is 3. The minimum atomic E-state index is -4.60. The third-order valence-electron chi connectivity index (χ3n) is 4.87. The second kappa shape index (κ2) is 7.36. The van der Waals surface area contributed by atoms with Crippen molar-refractivity contribution in [1.82, 2.24) is 10.1 Å². The number of methoxy groups -OCH3 is 1. The Balaban J connectivity index is 1.67. The van der Waals surface area contributed by atoms with Gasteiger partial charge in [-0.05, 0) is 48.7 Å². The van der Waals surface area contributed by atoms with Crippen LogP contribution >= 0.6 is 0 Å². The van der Waals surface area contributed by atoms with Gasteiger partial charge in [-0.25, -0.2) is 4.79 Å². The maximum Gasteiger partial charge on any atom is 0.420 e. The average molecular weight is 418 g/mol. The number of carbonyl (C=O) groups excluding carboxylic acids is 1. The summed E-state index contributed by atoms with van der Waals surface area (Å²) in [6.07, 6.45) is -3.01. The number of aryl methyl sites for hydroxylation is 1. The number of nitrogens with one attached hydrogen (secondary N) is 1. The van der Waals surface area contributed by atoms with Crippen molar-refractivity contribution < 1.29 is 27.2 Å². The lowest BCUT2D eigenvalue weighted by molar-refractivity contribution is -0.138. The van der Waals surface area contributed by atoms with Gasteiger partial charge in [-0.3, -0.25) is 4.90 Å². The molecule has 2 heterocycles. The Bertz CT molecular complexity index is 1100. The fourth-order valence-electron chi connectivity index (χ4n) is 3.44. The van der Waals surface area contributed by atoms with Crippen LogP contribution in [0.3, 0.4) is 0 Å². The minimum absolute atomic E-state index is 0.203. The molecule has 156 valence electrons. The van der Waals surface area contributed by atoms with Crippen LogP contribution < -0.4 is 15.0 Å². The Morgan fingerprint density at radius 1 is 1.27 bits per heavy atom. The molecule has 3 aromatic rings. The molecule has 0 radical (unpaired) electrons. The van der Waals surface area contributed by atoms with Crippen molar-refractivity contribution in [2.75, 3.05) is 23.9 Å². The number of urea groups is 1. The Morgan fingerprint density at radius 2 is 2.07 bits per heavy atom. The summed E-state index contributed by atoms with van der Waals surface area (Å²) in [6.45, 7) is 2.09. The maximum atomic E-state index is 13.4. The molecule has 30 heavy (non-hydrogen) atoms. The van der Waals surface area contributed by atoms with Crippen LogP contribution in [-0.4, -0.2) is 29.8 Å².